The van der Waals surface area contributed by atoms with Gasteiger partial charge in [0.25, 0.3) is 5.69 Å². The average molecular weight is 333 g/mol. The number of nitro benzene ring substituents is 1. The lowest BCUT2D eigenvalue weighted by atomic mass is 10.3. The average Bonchev–Trinajstić information content (AvgIpc) is 2.47. The van der Waals surface area contributed by atoms with E-state index < -0.39 is 31.4 Å². The molecule has 1 aliphatic rings. The van der Waals surface area contributed by atoms with Gasteiger partial charge in [-0.1, -0.05) is 0 Å². The van der Waals surface area contributed by atoms with Crippen molar-refractivity contribution in [3.05, 3.63) is 28.3 Å². The van der Waals surface area contributed by atoms with Crippen molar-refractivity contribution in [2.75, 3.05) is 37.0 Å². The van der Waals surface area contributed by atoms with Gasteiger partial charge in [-0.2, -0.15) is 4.31 Å². The summed E-state index contributed by atoms with van der Waals surface area (Å²) in [5.41, 5.74) is 0.0143. The first kappa shape index (κ1) is 15.9. The van der Waals surface area contributed by atoms with Gasteiger partial charge in [0, 0.05) is 54.2 Å². The Morgan fingerprint density at radius 3 is 2.48 bits per heavy atom. The zero-order valence-electron chi connectivity index (χ0n) is 11.3. The Morgan fingerprint density at radius 1 is 1.33 bits per heavy atom. The fourth-order valence-electron chi connectivity index (χ4n) is 2.03. The highest BCUT2D eigenvalue weighted by Gasteiger charge is 2.33. The Bertz CT molecular complexity index is 679. The molecule has 1 aliphatic heterocycles. The van der Waals surface area contributed by atoms with E-state index in [1.807, 2.05) is 0 Å². The summed E-state index contributed by atoms with van der Waals surface area (Å²) in [6.45, 7) is 0.214. The summed E-state index contributed by atoms with van der Waals surface area (Å²) in [6, 6.07) is 3.86. The molecule has 0 bridgehead atoms. The first-order valence-electron chi connectivity index (χ1n) is 6.17. The van der Waals surface area contributed by atoms with Crippen LogP contribution in [0, 0.1) is 10.1 Å². The van der Waals surface area contributed by atoms with Crippen molar-refractivity contribution in [1.82, 2.24) is 4.31 Å². The van der Waals surface area contributed by atoms with Crippen LogP contribution in [0.4, 0.5) is 11.4 Å². The van der Waals surface area contributed by atoms with Crippen LogP contribution in [0.5, 0.6) is 0 Å². The summed E-state index contributed by atoms with van der Waals surface area (Å²) < 4.78 is 37.6. The van der Waals surface area contributed by atoms with E-state index in [-0.39, 0.29) is 29.5 Å². The summed E-state index contributed by atoms with van der Waals surface area (Å²) in [6.07, 6.45) is 0. The molecule has 1 aromatic rings. The highest BCUT2D eigenvalue weighted by atomic mass is 32.2. The molecule has 0 saturated carbocycles. The molecule has 0 atom stereocenters. The molecule has 0 spiro atoms. The summed E-state index contributed by atoms with van der Waals surface area (Å²) in [4.78, 5) is 10.0. The molecule has 0 unspecified atom stereocenters. The normalized spacial score (nSPS) is 17.6. The number of sulfonamides is 1. The molecule has 0 aromatic heterocycles. The van der Waals surface area contributed by atoms with Gasteiger partial charge in [0.2, 0.25) is 10.0 Å². The lowest BCUT2D eigenvalue weighted by Gasteiger charge is -2.25. The first-order chi connectivity index (χ1) is 9.86. The van der Waals surface area contributed by atoms with E-state index in [4.69, 9.17) is 0 Å². The van der Waals surface area contributed by atoms with Crippen molar-refractivity contribution < 1.29 is 17.6 Å². The van der Waals surface area contributed by atoms with Crippen LogP contribution in [0.3, 0.4) is 0 Å². The van der Waals surface area contributed by atoms with Gasteiger partial charge in [-0.25, -0.2) is 8.42 Å². The molecule has 0 amide bonds. The van der Waals surface area contributed by atoms with Gasteiger partial charge in [0.1, 0.15) is 0 Å². The molecule has 1 saturated heterocycles. The fraction of sp³-hybridized carbons (Fsp3) is 0.455. The third-order valence-electron chi connectivity index (χ3n) is 3.20. The topological polar surface area (TPSA) is 110 Å². The molecule has 1 fully saturated rings. The number of nitrogens with zero attached hydrogens (tertiary/aromatic N) is 2. The molecule has 10 heteroatoms. The SMILES string of the molecule is CNc1ccc([N+](=O)[O-])c(S(=O)(=O)N2CCS(=O)CC2)c1. The molecule has 1 N–H and O–H groups in total. The molecule has 8 nitrogen and oxygen atoms in total. The molecule has 2 rings (SSSR count). The predicted molar refractivity (Wildman–Crippen MR) is 79.3 cm³/mol. The molecule has 21 heavy (non-hydrogen) atoms. The Kier molecular flexibility index (Phi) is 4.59. The van der Waals surface area contributed by atoms with Gasteiger partial charge in [0.05, 0.1) is 4.92 Å². The standard InChI is InChI=1S/C11H15N3O5S2/c1-12-9-2-3-10(14(15)16)11(8-9)21(18,19)13-4-6-20(17)7-5-13/h2-3,8,12H,4-7H2,1H3. The van der Waals surface area contributed by atoms with Gasteiger partial charge >= 0.3 is 0 Å². The van der Waals surface area contributed by atoms with Crippen molar-refractivity contribution in [1.29, 1.82) is 0 Å². The number of nitro groups is 1. The minimum absolute atomic E-state index is 0.107. The molecular weight excluding hydrogens is 318 g/mol. The second kappa shape index (κ2) is 6.08. The van der Waals surface area contributed by atoms with Crippen molar-refractivity contribution in [3.8, 4) is 0 Å². The lowest BCUT2D eigenvalue weighted by molar-refractivity contribution is -0.387. The Balaban J connectivity index is 2.47. The molecule has 1 heterocycles. The van der Waals surface area contributed by atoms with Gasteiger partial charge < -0.3 is 5.32 Å². The Hall–Kier alpha value is -1.52. The Labute approximate surface area is 124 Å². The van der Waals surface area contributed by atoms with Crippen LogP contribution < -0.4 is 5.32 Å². The number of anilines is 1. The number of hydrogen-bond donors (Lipinski definition) is 1. The molecule has 116 valence electrons. The van der Waals surface area contributed by atoms with Crippen LogP contribution in [-0.4, -0.2) is 53.5 Å². The largest absolute Gasteiger partial charge is 0.388 e. The third-order valence-corrected chi connectivity index (χ3v) is 6.40. The highest BCUT2D eigenvalue weighted by Crippen LogP contribution is 2.30. The van der Waals surface area contributed by atoms with E-state index in [0.29, 0.717) is 5.69 Å². The molecule has 1 aromatic carbocycles. The van der Waals surface area contributed by atoms with Crippen LogP contribution in [-0.2, 0) is 20.8 Å². The quantitative estimate of drug-likeness (QED) is 0.630. The van der Waals surface area contributed by atoms with Gasteiger partial charge in [-0.05, 0) is 12.1 Å². The van der Waals surface area contributed by atoms with Crippen LogP contribution in [0.1, 0.15) is 0 Å². The number of hydrogen-bond acceptors (Lipinski definition) is 6. The first-order valence-corrected chi connectivity index (χ1v) is 9.10. The lowest BCUT2D eigenvalue weighted by Crippen LogP contribution is -2.41. The van der Waals surface area contributed by atoms with E-state index in [1.54, 1.807) is 7.05 Å². The van der Waals surface area contributed by atoms with Crippen LogP contribution in [0.2, 0.25) is 0 Å². The smallest absolute Gasteiger partial charge is 0.289 e. The number of benzene rings is 1. The zero-order valence-corrected chi connectivity index (χ0v) is 12.9. The summed E-state index contributed by atoms with van der Waals surface area (Å²) >= 11 is 0. The van der Waals surface area contributed by atoms with E-state index in [9.17, 15) is 22.7 Å². The highest BCUT2D eigenvalue weighted by molar-refractivity contribution is 7.89. The van der Waals surface area contributed by atoms with Gasteiger partial charge in [-0.3, -0.25) is 14.3 Å². The maximum absolute atomic E-state index is 12.6. The molecule has 0 radical (unpaired) electrons. The maximum Gasteiger partial charge on any atom is 0.289 e. The number of nitrogens with one attached hydrogen (secondary N) is 1. The van der Waals surface area contributed by atoms with Crippen molar-refractivity contribution in [2.24, 2.45) is 0 Å². The minimum Gasteiger partial charge on any atom is -0.388 e. The van der Waals surface area contributed by atoms with E-state index in [2.05, 4.69) is 5.32 Å². The zero-order chi connectivity index (χ0) is 15.6. The van der Waals surface area contributed by atoms with Crippen molar-refractivity contribution in [3.63, 3.8) is 0 Å². The van der Waals surface area contributed by atoms with Crippen molar-refractivity contribution >= 4 is 32.2 Å². The third kappa shape index (κ3) is 3.22. The maximum atomic E-state index is 12.6. The van der Waals surface area contributed by atoms with Crippen LogP contribution >= 0.6 is 0 Å². The van der Waals surface area contributed by atoms with Gasteiger partial charge in [0.15, 0.2) is 4.90 Å². The fourth-order valence-corrected chi connectivity index (χ4v) is 4.94. The Morgan fingerprint density at radius 2 is 1.95 bits per heavy atom. The molecular formula is C11H15N3O5S2. The van der Waals surface area contributed by atoms with E-state index in [1.165, 1.54) is 18.2 Å². The summed E-state index contributed by atoms with van der Waals surface area (Å²) in [5, 5.41) is 13.8. The second-order valence-electron chi connectivity index (χ2n) is 4.44. The predicted octanol–water partition coefficient (Wildman–Crippen LogP) is 0.389. The van der Waals surface area contributed by atoms with Gasteiger partial charge in [-0.15, -0.1) is 0 Å². The minimum atomic E-state index is -3.98. The van der Waals surface area contributed by atoms with Crippen LogP contribution in [0.25, 0.3) is 0 Å². The summed E-state index contributed by atoms with van der Waals surface area (Å²) in [5.74, 6) is 0.498. The van der Waals surface area contributed by atoms with E-state index in [0.717, 1.165) is 4.31 Å². The number of rotatable bonds is 4. The van der Waals surface area contributed by atoms with Crippen LogP contribution in [0.15, 0.2) is 23.1 Å². The summed E-state index contributed by atoms with van der Waals surface area (Å²) in [7, 11) is -3.40. The second-order valence-corrected chi connectivity index (χ2v) is 8.04. The van der Waals surface area contributed by atoms with E-state index >= 15 is 0 Å². The monoisotopic (exact) mass is 333 g/mol. The molecule has 0 aliphatic carbocycles. The van der Waals surface area contributed by atoms with Crippen molar-refractivity contribution in [2.45, 2.75) is 4.90 Å².